The highest BCUT2D eigenvalue weighted by atomic mass is 32.1. The van der Waals surface area contributed by atoms with Gasteiger partial charge in [-0.2, -0.15) is 0 Å². The third-order valence-electron chi connectivity index (χ3n) is 13.8. The molecule has 390 valence electrons. The SMILES string of the molecule is [2H]c1c([2H])c(-c2c3c([2H])c([2H])c([2H])c([2H])c3c(-c3c([2H])c([2H])c4c(sc5c([2H])c([2H])c([2H])c([2H])c54)c3[2H])c3c([2H])c([2H])c([2H])c([2H])c23)c([2H])c([2H])c1-c1c([2H])c([2H])c2c([2H])c([2H])c([2H])c([2H])c2c1[2H].[2H]c1c([2H])c([2H])c2c(sc3c([2H])c(-c4c5c([2H])c([2H])c([2H])c([2H])c5c(-c5c([2H])c([2H])c([2H])c6c5c([2H])c([2H])c5c([2H])c([2H])c([2H])c([2H])c56)c5c([2H])c([2H])c([2H])c([2H])c45)c([2H])c([2H])c32)c1[2H]. The summed E-state index contributed by atoms with van der Waals surface area (Å²) >= 11 is 1.34. The Labute approximate surface area is 564 Å². The highest BCUT2D eigenvalue weighted by Gasteiger charge is 2.21. The maximum Gasteiger partial charge on any atom is 0.0644 e. The fraction of sp³-hybridized carbons (Fsp3) is 0. The van der Waals surface area contributed by atoms with Gasteiger partial charge in [-0.25, -0.2) is 0 Å². The summed E-state index contributed by atoms with van der Waals surface area (Å²) < 4.78 is 446. The monoisotopic (exact) mass is 1150 g/mol. The molecule has 0 saturated heterocycles. The molecule has 0 nitrogen and oxygen atoms in total. The maximum atomic E-state index is 9.62. The quantitative estimate of drug-likeness (QED) is 0.119. The zero-order valence-corrected chi connectivity index (χ0v) is 43.4. The van der Waals surface area contributed by atoms with Crippen LogP contribution in [0.15, 0.2) is 302 Å². The highest BCUT2D eigenvalue weighted by Crippen LogP contribution is 2.49. The number of fused-ring (bicyclic) bond motifs is 14. The van der Waals surface area contributed by atoms with Gasteiger partial charge in [-0.1, -0.05) is 272 Å². The molecule has 0 N–H and O–H groups in total. The summed E-state index contributed by atoms with van der Waals surface area (Å²) in [7, 11) is 0. The van der Waals surface area contributed by atoms with Crippen LogP contribution in [0.5, 0.6) is 0 Å². The van der Waals surface area contributed by atoms with Crippen molar-refractivity contribution in [3.05, 3.63) is 302 Å². The van der Waals surface area contributed by atoms with Gasteiger partial charge < -0.3 is 0 Å². The zero-order valence-electron chi connectivity index (χ0n) is 91.8. The molecule has 0 atom stereocenters. The second kappa shape index (κ2) is 19.8. The molecular formula is C82H50S2. The second-order valence-corrected chi connectivity index (χ2v) is 20.3. The van der Waals surface area contributed by atoms with Crippen LogP contribution in [-0.2, 0) is 0 Å². The van der Waals surface area contributed by atoms with Crippen molar-refractivity contribution >= 4 is 138 Å². The smallest absolute Gasteiger partial charge is 0.0644 e. The lowest BCUT2D eigenvalue weighted by molar-refractivity contribution is 1.63. The topological polar surface area (TPSA) is 0 Å². The van der Waals surface area contributed by atoms with Crippen molar-refractivity contribution in [3.8, 4) is 55.6 Å². The standard InChI is InChI=1S/C42H26S.C40H24S/c1-2-10-30-25-31(22-19-27(30)9-1)28-17-20-29(21-18-28)41-35-12-3-5-14-37(35)42(38-15-6-4-13-36(38)41)32-23-24-34-33-11-7-8-16-39(33)43-40(34)26-32;1-2-11-27-25(10-1)20-22-29-28(27)17-9-18-32(29)40-35-15-5-3-13-33(35)39(34-14-4-6-16-36(34)40)26-21-23-31-30-12-7-8-19-37(30)41-38(31)24-26/h1-26H;1-24H/i1D,2D,3D,4D,5D,6D,7D,8D,9D,10D,11D,12D,13D,14D,15D,16D,17D,18D,19D,20D,21D,22D,23D,24D,25D,26D;1D,2D,3D,4D,5D,6D,7D,8D,9D,10D,11D,12D,13D,14D,15D,16D,17D,18D,19D,20D,21D,22D,23D,24D. The predicted octanol–water partition coefficient (Wildman–Crippen LogP) is 24.5. The van der Waals surface area contributed by atoms with E-state index in [1.807, 2.05) is 0 Å². The number of hydrogen-bond donors (Lipinski definition) is 0. The van der Waals surface area contributed by atoms with Crippen LogP contribution in [0, 0.1) is 0 Å². The van der Waals surface area contributed by atoms with E-state index in [4.69, 9.17) is 41.1 Å². The lowest BCUT2D eigenvalue weighted by Crippen LogP contribution is -1.91. The first-order chi connectivity index (χ1) is 62.5. The molecule has 2 aromatic heterocycles. The summed E-state index contributed by atoms with van der Waals surface area (Å²) in [6.07, 6.45) is 0. The van der Waals surface area contributed by atoms with Crippen LogP contribution in [0.25, 0.3) is 171 Å². The summed E-state index contributed by atoms with van der Waals surface area (Å²) in [5, 5.41) is -9.20. The van der Waals surface area contributed by atoms with Gasteiger partial charge in [0.1, 0.15) is 0 Å². The van der Waals surface area contributed by atoms with Gasteiger partial charge in [0.15, 0.2) is 0 Å². The number of thiophene rings is 2. The summed E-state index contributed by atoms with van der Waals surface area (Å²) in [6.45, 7) is 0. The lowest BCUT2D eigenvalue weighted by Gasteiger charge is -2.19. The molecule has 18 aromatic rings. The van der Waals surface area contributed by atoms with E-state index in [1.165, 1.54) is 0 Å². The molecule has 2 heterocycles. The summed E-state index contributed by atoms with van der Waals surface area (Å²) in [5.41, 5.74) is -6.76. The fourth-order valence-corrected chi connectivity index (χ4v) is 12.1. The largest absolute Gasteiger partial charge is 0.135 e. The molecule has 0 radical (unpaired) electrons. The third kappa shape index (κ3) is 7.87. The van der Waals surface area contributed by atoms with Gasteiger partial charge in [0, 0.05) is 40.3 Å². The third-order valence-corrected chi connectivity index (χ3v) is 15.8. The van der Waals surface area contributed by atoms with Gasteiger partial charge in [0.05, 0.1) is 68.5 Å². The van der Waals surface area contributed by atoms with Crippen molar-refractivity contribution in [2.45, 2.75) is 0 Å². The van der Waals surface area contributed by atoms with Crippen LogP contribution in [0.3, 0.4) is 0 Å². The minimum absolute atomic E-state index is 0.0744. The Kier molecular flexibility index (Phi) is 4.70. The van der Waals surface area contributed by atoms with Crippen molar-refractivity contribution in [1.29, 1.82) is 0 Å². The Bertz CT molecular complexity index is 8600. The van der Waals surface area contributed by atoms with Crippen molar-refractivity contribution in [2.24, 2.45) is 0 Å². The summed E-state index contributed by atoms with van der Waals surface area (Å²) in [5.74, 6) is 0. The van der Waals surface area contributed by atoms with E-state index in [-0.39, 0.29) is 40.3 Å². The van der Waals surface area contributed by atoms with Gasteiger partial charge in [0.25, 0.3) is 0 Å². The normalized spacial score (nSPS) is 20.1. The molecule has 0 bridgehead atoms. The molecule has 0 unspecified atom stereocenters. The van der Waals surface area contributed by atoms with Crippen LogP contribution in [0.4, 0.5) is 0 Å². The molecule has 16 aromatic carbocycles. The fourth-order valence-electron chi connectivity index (χ4n) is 10.2. The summed E-state index contributed by atoms with van der Waals surface area (Å²) in [4.78, 5) is 0. The Hall–Kier alpha value is -10.2. The van der Waals surface area contributed by atoms with Crippen molar-refractivity contribution in [3.63, 3.8) is 0 Å². The molecule has 2 heteroatoms. The minimum atomic E-state index is -1.05. The van der Waals surface area contributed by atoms with Crippen molar-refractivity contribution in [2.75, 3.05) is 0 Å². The average Bonchev–Trinajstić information content (AvgIpc) is 0.856. The average molecular weight is 1150 g/mol. The van der Waals surface area contributed by atoms with E-state index >= 15 is 0 Å². The van der Waals surface area contributed by atoms with Crippen LogP contribution in [0.2, 0.25) is 0 Å². The molecule has 0 aliphatic carbocycles. The van der Waals surface area contributed by atoms with Crippen LogP contribution >= 0.6 is 22.7 Å². The number of hydrogen-bond acceptors (Lipinski definition) is 2. The molecular weight excluding hydrogens is 1050 g/mol. The highest BCUT2D eigenvalue weighted by molar-refractivity contribution is 7.26. The molecule has 0 aliphatic rings. The van der Waals surface area contributed by atoms with E-state index in [0.29, 0.717) is 22.7 Å². The van der Waals surface area contributed by atoms with Gasteiger partial charge in [-0.3, -0.25) is 0 Å². The Morgan fingerprint density at radius 2 is 0.524 bits per heavy atom. The van der Waals surface area contributed by atoms with Crippen LogP contribution in [-0.4, -0.2) is 0 Å². The second-order valence-electron chi connectivity index (χ2n) is 18.3. The maximum absolute atomic E-state index is 9.62. The van der Waals surface area contributed by atoms with E-state index in [9.17, 15) is 27.4 Å². The van der Waals surface area contributed by atoms with Gasteiger partial charge in [0.2, 0.25) is 0 Å². The Balaban J connectivity index is 0.000000187. The van der Waals surface area contributed by atoms with Crippen molar-refractivity contribution < 1.29 is 68.5 Å². The first-order valence-corrected chi connectivity index (χ1v) is 26.4. The van der Waals surface area contributed by atoms with E-state index in [1.54, 1.807) is 0 Å². The lowest BCUT2D eigenvalue weighted by atomic mass is 9.84. The van der Waals surface area contributed by atoms with Crippen LogP contribution in [0.1, 0.15) is 68.5 Å². The predicted molar refractivity (Wildman–Crippen MR) is 368 cm³/mol. The zero-order chi connectivity index (χ0) is 98.8. The first kappa shape index (κ1) is 20.0. The Morgan fingerprint density at radius 3 is 1.05 bits per heavy atom. The molecule has 18 rings (SSSR count). The minimum Gasteiger partial charge on any atom is -0.135 e. The van der Waals surface area contributed by atoms with E-state index in [0.717, 1.165) is 0 Å². The molecule has 0 fully saturated rings. The first-order valence-electron chi connectivity index (χ1n) is 49.8. The van der Waals surface area contributed by atoms with Crippen molar-refractivity contribution in [1.82, 2.24) is 0 Å². The van der Waals surface area contributed by atoms with Gasteiger partial charge in [-0.05, 0) is 161 Å². The van der Waals surface area contributed by atoms with Crippen LogP contribution < -0.4 is 0 Å². The molecule has 0 spiro atoms. The summed E-state index contributed by atoms with van der Waals surface area (Å²) in [6, 6.07) is -41.4. The Morgan fingerprint density at radius 1 is 0.179 bits per heavy atom. The van der Waals surface area contributed by atoms with E-state index < -0.39 is 433 Å². The molecule has 84 heavy (non-hydrogen) atoms. The molecule has 0 saturated carbocycles. The van der Waals surface area contributed by atoms with E-state index in [2.05, 4.69) is 0 Å². The van der Waals surface area contributed by atoms with Gasteiger partial charge >= 0.3 is 0 Å². The number of rotatable bonds is 5. The molecule has 0 aliphatic heterocycles. The number of benzene rings is 16. The van der Waals surface area contributed by atoms with Gasteiger partial charge in [-0.15, -0.1) is 22.7 Å². The molecule has 0 amide bonds.